The number of nitrogens with zero attached hydrogens (tertiary/aromatic N) is 7. The summed E-state index contributed by atoms with van der Waals surface area (Å²) in [6.07, 6.45) is 9.54. The van der Waals surface area contributed by atoms with E-state index in [-0.39, 0.29) is 5.82 Å². The van der Waals surface area contributed by atoms with Gasteiger partial charge in [-0.05, 0) is 31.2 Å². The molecular weight excluding hydrogens is 345 g/mol. The van der Waals surface area contributed by atoms with Gasteiger partial charge in [0.05, 0.1) is 11.9 Å². The monoisotopic (exact) mass is 369 g/mol. The van der Waals surface area contributed by atoms with E-state index in [1.165, 1.54) is 6.33 Å². The van der Waals surface area contributed by atoms with Gasteiger partial charge in [-0.3, -0.25) is 0 Å². The Morgan fingerprint density at radius 1 is 1.19 bits per heavy atom. The van der Waals surface area contributed by atoms with Crippen LogP contribution in [-0.4, -0.2) is 51.2 Å². The Balaban J connectivity index is 1.40. The molecule has 3 aromatic heterocycles. The predicted molar refractivity (Wildman–Crippen MR) is 103 cm³/mol. The quantitative estimate of drug-likeness (QED) is 0.689. The zero-order chi connectivity index (χ0) is 18.8. The second-order valence-corrected chi connectivity index (χ2v) is 7.03. The van der Waals surface area contributed by atoms with Crippen LogP contribution in [0.4, 0.5) is 16.0 Å². The Bertz CT molecular complexity index is 917. The van der Waals surface area contributed by atoms with Crippen molar-refractivity contribution in [2.24, 2.45) is 5.92 Å². The third-order valence-electron chi connectivity index (χ3n) is 5.29. The molecule has 3 aromatic rings. The molecule has 0 unspecified atom stereocenters. The summed E-state index contributed by atoms with van der Waals surface area (Å²) < 4.78 is 16.3. The molecule has 1 aliphatic rings. The molecule has 4 heterocycles. The molecule has 0 bridgehead atoms. The lowest BCUT2D eigenvalue weighted by molar-refractivity contribution is 0.405. The van der Waals surface area contributed by atoms with Crippen LogP contribution in [0, 0.1) is 11.7 Å². The molecule has 27 heavy (non-hydrogen) atoms. The van der Waals surface area contributed by atoms with Crippen LogP contribution in [0.15, 0.2) is 31.0 Å². The van der Waals surface area contributed by atoms with Crippen molar-refractivity contribution in [1.29, 1.82) is 0 Å². The number of fused-ring (bicyclic) bond motifs is 1. The standard InChI is InChI=1S/C19H24FN7/c1-3-15-17(20)19(23-13-22-15)25(2)12-14-5-9-26(10-6-14)18-16-4-7-24-27(16)11-8-21-18/h4,7-8,11,13-14H,3,5-6,9-10,12H2,1-2H3. The Labute approximate surface area is 157 Å². The van der Waals surface area contributed by atoms with Gasteiger partial charge in [0.15, 0.2) is 17.5 Å². The van der Waals surface area contributed by atoms with E-state index in [2.05, 4.69) is 25.0 Å². The van der Waals surface area contributed by atoms with Gasteiger partial charge in [-0.2, -0.15) is 5.10 Å². The van der Waals surface area contributed by atoms with E-state index in [9.17, 15) is 4.39 Å². The number of piperidine rings is 1. The Kier molecular flexibility index (Phi) is 4.87. The first kappa shape index (κ1) is 17.6. The minimum absolute atomic E-state index is 0.295. The van der Waals surface area contributed by atoms with Crippen LogP contribution in [0.25, 0.3) is 5.52 Å². The number of aromatic nitrogens is 5. The number of hydrogen-bond acceptors (Lipinski definition) is 6. The van der Waals surface area contributed by atoms with Gasteiger partial charge in [0.25, 0.3) is 0 Å². The molecule has 8 heteroatoms. The van der Waals surface area contributed by atoms with Crippen LogP contribution >= 0.6 is 0 Å². The molecule has 0 aliphatic carbocycles. The number of anilines is 2. The van der Waals surface area contributed by atoms with Gasteiger partial charge in [0.2, 0.25) is 0 Å². The Morgan fingerprint density at radius 2 is 2.00 bits per heavy atom. The Hall–Kier alpha value is -2.77. The fourth-order valence-electron chi connectivity index (χ4n) is 3.80. The fourth-order valence-corrected chi connectivity index (χ4v) is 3.80. The average Bonchev–Trinajstić information content (AvgIpc) is 3.17. The maximum atomic E-state index is 14.5. The van der Waals surface area contributed by atoms with E-state index in [0.717, 1.165) is 43.8 Å². The van der Waals surface area contributed by atoms with E-state index >= 15 is 0 Å². The fraction of sp³-hybridized carbons (Fsp3) is 0.474. The van der Waals surface area contributed by atoms with Gasteiger partial charge < -0.3 is 9.80 Å². The summed E-state index contributed by atoms with van der Waals surface area (Å²) in [5.74, 6) is 1.58. The summed E-state index contributed by atoms with van der Waals surface area (Å²) in [7, 11) is 1.91. The smallest absolute Gasteiger partial charge is 0.187 e. The molecule has 0 radical (unpaired) electrons. The van der Waals surface area contributed by atoms with Crippen molar-refractivity contribution >= 4 is 17.2 Å². The van der Waals surface area contributed by atoms with Gasteiger partial charge in [0.1, 0.15) is 11.8 Å². The maximum absolute atomic E-state index is 14.5. The largest absolute Gasteiger partial charge is 0.357 e. The van der Waals surface area contributed by atoms with Crippen molar-refractivity contribution in [3.63, 3.8) is 0 Å². The van der Waals surface area contributed by atoms with Gasteiger partial charge in [-0.1, -0.05) is 6.92 Å². The molecule has 0 N–H and O–H groups in total. The average molecular weight is 369 g/mol. The summed E-state index contributed by atoms with van der Waals surface area (Å²) in [5, 5.41) is 4.28. The van der Waals surface area contributed by atoms with Crippen molar-refractivity contribution in [2.45, 2.75) is 26.2 Å². The lowest BCUT2D eigenvalue weighted by Crippen LogP contribution is -2.38. The highest BCUT2D eigenvalue weighted by Gasteiger charge is 2.24. The number of aryl methyl sites for hydroxylation is 1. The first-order valence-electron chi connectivity index (χ1n) is 9.41. The molecule has 0 spiro atoms. The number of hydrogen-bond donors (Lipinski definition) is 0. The van der Waals surface area contributed by atoms with Crippen LogP contribution in [0.5, 0.6) is 0 Å². The van der Waals surface area contributed by atoms with E-state index in [4.69, 9.17) is 0 Å². The molecule has 0 aromatic carbocycles. The van der Waals surface area contributed by atoms with E-state index in [1.807, 2.05) is 35.6 Å². The van der Waals surface area contributed by atoms with Crippen molar-refractivity contribution in [1.82, 2.24) is 24.6 Å². The van der Waals surface area contributed by atoms with Crippen LogP contribution < -0.4 is 9.80 Å². The van der Waals surface area contributed by atoms with E-state index in [0.29, 0.717) is 23.9 Å². The van der Waals surface area contributed by atoms with Crippen molar-refractivity contribution in [2.75, 3.05) is 36.5 Å². The first-order chi connectivity index (χ1) is 13.2. The van der Waals surface area contributed by atoms with E-state index < -0.39 is 0 Å². The van der Waals surface area contributed by atoms with Crippen molar-refractivity contribution < 1.29 is 4.39 Å². The zero-order valence-electron chi connectivity index (χ0n) is 15.7. The van der Waals surface area contributed by atoms with Crippen LogP contribution in [-0.2, 0) is 6.42 Å². The maximum Gasteiger partial charge on any atom is 0.187 e. The second kappa shape index (κ2) is 7.46. The summed E-state index contributed by atoms with van der Waals surface area (Å²) in [6, 6.07) is 1.99. The minimum Gasteiger partial charge on any atom is -0.357 e. The third kappa shape index (κ3) is 3.43. The molecule has 4 rings (SSSR count). The van der Waals surface area contributed by atoms with Crippen LogP contribution in [0.3, 0.4) is 0 Å². The number of rotatable bonds is 5. The summed E-state index contributed by atoms with van der Waals surface area (Å²) in [4.78, 5) is 17.0. The molecule has 0 saturated carbocycles. The molecular formula is C19H24FN7. The van der Waals surface area contributed by atoms with E-state index in [1.54, 1.807) is 12.4 Å². The van der Waals surface area contributed by atoms with Gasteiger partial charge in [0, 0.05) is 39.1 Å². The highest BCUT2D eigenvalue weighted by Crippen LogP contribution is 2.26. The lowest BCUT2D eigenvalue weighted by Gasteiger charge is -2.35. The molecule has 7 nitrogen and oxygen atoms in total. The second-order valence-electron chi connectivity index (χ2n) is 7.03. The van der Waals surface area contributed by atoms with Crippen molar-refractivity contribution in [3.8, 4) is 0 Å². The van der Waals surface area contributed by atoms with Gasteiger partial charge in [-0.15, -0.1) is 0 Å². The van der Waals surface area contributed by atoms with Crippen molar-refractivity contribution in [3.05, 3.63) is 42.5 Å². The predicted octanol–water partition coefficient (Wildman–Crippen LogP) is 2.57. The molecule has 1 fully saturated rings. The Morgan fingerprint density at radius 3 is 2.78 bits per heavy atom. The summed E-state index contributed by atoms with van der Waals surface area (Å²) in [6.45, 7) is 4.56. The highest BCUT2D eigenvalue weighted by molar-refractivity contribution is 5.68. The molecule has 1 aliphatic heterocycles. The normalized spacial score (nSPS) is 15.4. The third-order valence-corrected chi connectivity index (χ3v) is 5.29. The highest BCUT2D eigenvalue weighted by atomic mass is 19.1. The molecule has 0 atom stereocenters. The SMILES string of the molecule is CCc1ncnc(N(C)CC2CCN(c3nccn4nccc34)CC2)c1F. The van der Waals surface area contributed by atoms with Gasteiger partial charge >= 0.3 is 0 Å². The zero-order valence-corrected chi connectivity index (χ0v) is 15.7. The lowest BCUT2D eigenvalue weighted by atomic mass is 9.96. The van der Waals surface area contributed by atoms with Gasteiger partial charge in [-0.25, -0.2) is 23.9 Å². The summed E-state index contributed by atoms with van der Waals surface area (Å²) >= 11 is 0. The molecule has 1 saturated heterocycles. The topological polar surface area (TPSA) is 62.5 Å². The molecule has 142 valence electrons. The summed E-state index contributed by atoms with van der Waals surface area (Å²) in [5.41, 5.74) is 1.50. The van der Waals surface area contributed by atoms with Crippen LogP contribution in [0.1, 0.15) is 25.5 Å². The number of halogens is 1. The first-order valence-corrected chi connectivity index (χ1v) is 9.41. The minimum atomic E-state index is -0.295. The molecule has 0 amide bonds. The van der Waals surface area contributed by atoms with Crippen LogP contribution in [0.2, 0.25) is 0 Å².